The lowest BCUT2D eigenvalue weighted by molar-refractivity contribution is -0.384. The van der Waals surface area contributed by atoms with Crippen LogP contribution in [-0.2, 0) is 6.54 Å². The lowest BCUT2D eigenvalue weighted by Crippen LogP contribution is -2.42. The average molecular weight is 265 g/mol. The molecule has 1 aliphatic heterocycles. The molecule has 0 amide bonds. The first-order valence-electron chi connectivity index (χ1n) is 6.35. The van der Waals surface area contributed by atoms with Gasteiger partial charge in [-0.2, -0.15) is 0 Å². The van der Waals surface area contributed by atoms with Crippen LogP contribution in [0.15, 0.2) is 18.2 Å². The molecule has 1 heterocycles. The first-order valence-corrected chi connectivity index (χ1v) is 6.35. The third kappa shape index (κ3) is 3.42. The highest BCUT2D eigenvalue weighted by Gasteiger charge is 2.27. The molecule has 1 aromatic rings. The number of anilines is 1. The van der Waals surface area contributed by atoms with Crippen molar-refractivity contribution >= 4 is 11.4 Å². The van der Waals surface area contributed by atoms with Gasteiger partial charge in [0.1, 0.15) is 0 Å². The van der Waals surface area contributed by atoms with Gasteiger partial charge in [0.25, 0.3) is 5.69 Å². The molecule has 0 radical (unpaired) electrons. The molecule has 0 aliphatic carbocycles. The monoisotopic (exact) mass is 265 g/mol. The van der Waals surface area contributed by atoms with Crippen molar-refractivity contribution in [2.75, 3.05) is 18.8 Å². The molecule has 1 aromatic carbocycles. The molecule has 6 heteroatoms. The van der Waals surface area contributed by atoms with Crippen LogP contribution in [0.3, 0.4) is 0 Å². The molecular formula is C13H19N3O3. The van der Waals surface area contributed by atoms with Crippen LogP contribution in [-0.4, -0.2) is 33.6 Å². The van der Waals surface area contributed by atoms with E-state index in [0.29, 0.717) is 25.1 Å². The summed E-state index contributed by atoms with van der Waals surface area (Å²) in [5.41, 5.74) is 6.68. The van der Waals surface area contributed by atoms with Crippen molar-refractivity contribution in [2.24, 2.45) is 0 Å². The van der Waals surface area contributed by atoms with Crippen LogP contribution < -0.4 is 5.73 Å². The van der Waals surface area contributed by atoms with E-state index < -0.39 is 10.5 Å². The molecule has 19 heavy (non-hydrogen) atoms. The van der Waals surface area contributed by atoms with E-state index >= 15 is 0 Å². The highest BCUT2D eigenvalue weighted by atomic mass is 16.6. The summed E-state index contributed by atoms with van der Waals surface area (Å²) < 4.78 is 0. The van der Waals surface area contributed by atoms with Crippen LogP contribution in [0.25, 0.3) is 0 Å². The van der Waals surface area contributed by atoms with Crippen molar-refractivity contribution in [3.63, 3.8) is 0 Å². The molecule has 1 saturated heterocycles. The number of hydrogen-bond donors (Lipinski definition) is 2. The number of likely N-dealkylation sites (tertiary alicyclic amines) is 1. The molecule has 1 aliphatic rings. The number of rotatable bonds is 3. The summed E-state index contributed by atoms with van der Waals surface area (Å²) in [6, 6.07) is 4.52. The number of aliphatic hydroxyl groups is 1. The second-order valence-corrected chi connectivity index (χ2v) is 5.41. The van der Waals surface area contributed by atoms with E-state index in [4.69, 9.17) is 5.73 Å². The predicted octanol–water partition coefficient (Wildman–Crippen LogP) is 1.52. The van der Waals surface area contributed by atoms with Crippen molar-refractivity contribution in [3.8, 4) is 0 Å². The van der Waals surface area contributed by atoms with Crippen molar-refractivity contribution in [1.29, 1.82) is 0 Å². The molecular weight excluding hydrogens is 246 g/mol. The van der Waals surface area contributed by atoms with Gasteiger partial charge in [0.2, 0.25) is 0 Å². The molecule has 0 saturated carbocycles. The lowest BCUT2D eigenvalue weighted by atomic mass is 9.93. The van der Waals surface area contributed by atoms with Crippen LogP contribution in [0.2, 0.25) is 0 Å². The Morgan fingerprint density at radius 2 is 2.11 bits per heavy atom. The van der Waals surface area contributed by atoms with E-state index in [-0.39, 0.29) is 5.69 Å². The molecule has 0 aromatic heterocycles. The van der Waals surface area contributed by atoms with Gasteiger partial charge in [-0.3, -0.25) is 15.0 Å². The highest BCUT2D eigenvalue weighted by molar-refractivity contribution is 5.52. The minimum atomic E-state index is -0.593. The largest absolute Gasteiger partial charge is 0.398 e. The van der Waals surface area contributed by atoms with E-state index in [1.54, 1.807) is 6.07 Å². The molecule has 0 atom stereocenters. The summed E-state index contributed by atoms with van der Waals surface area (Å²) >= 11 is 0. The summed E-state index contributed by atoms with van der Waals surface area (Å²) in [5.74, 6) is 0. The molecule has 1 fully saturated rings. The first-order chi connectivity index (χ1) is 8.87. The zero-order chi connectivity index (χ0) is 14.0. The minimum absolute atomic E-state index is 0.0632. The number of non-ortho nitro benzene ring substituents is 1. The fourth-order valence-electron chi connectivity index (χ4n) is 2.28. The van der Waals surface area contributed by atoms with Gasteiger partial charge >= 0.3 is 0 Å². The van der Waals surface area contributed by atoms with Gasteiger partial charge in [-0.15, -0.1) is 0 Å². The summed E-state index contributed by atoms with van der Waals surface area (Å²) in [6.07, 6.45) is 1.42. The molecule has 6 nitrogen and oxygen atoms in total. The normalized spacial score (nSPS) is 19.3. The minimum Gasteiger partial charge on any atom is -0.398 e. The third-order valence-corrected chi connectivity index (χ3v) is 3.66. The van der Waals surface area contributed by atoms with Crippen LogP contribution in [0.4, 0.5) is 11.4 Å². The Balaban J connectivity index is 2.07. The van der Waals surface area contributed by atoms with Gasteiger partial charge in [0.15, 0.2) is 0 Å². The van der Waals surface area contributed by atoms with E-state index in [9.17, 15) is 15.2 Å². The number of benzene rings is 1. The van der Waals surface area contributed by atoms with E-state index in [1.807, 2.05) is 6.92 Å². The SMILES string of the molecule is CC1(O)CCN(Cc2cc([N+](=O)[O-])ccc2N)CC1. The Bertz CT molecular complexity index is 478. The summed E-state index contributed by atoms with van der Waals surface area (Å²) in [5, 5.41) is 20.6. The molecule has 2 rings (SSSR count). The van der Waals surface area contributed by atoms with Gasteiger partial charge in [0, 0.05) is 37.5 Å². The topological polar surface area (TPSA) is 92.6 Å². The fourth-order valence-corrected chi connectivity index (χ4v) is 2.28. The van der Waals surface area contributed by atoms with Crippen molar-refractivity contribution in [2.45, 2.75) is 31.9 Å². The first kappa shape index (κ1) is 13.8. The number of piperidine rings is 1. The van der Waals surface area contributed by atoms with Crippen LogP contribution in [0.1, 0.15) is 25.3 Å². The van der Waals surface area contributed by atoms with Crippen LogP contribution in [0, 0.1) is 10.1 Å². The summed E-state index contributed by atoms with van der Waals surface area (Å²) in [4.78, 5) is 12.5. The highest BCUT2D eigenvalue weighted by Crippen LogP contribution is 2.25. The fraction of sp³-hybridized carbons (Fsp3) is 0.538. The van der Waals surface area contributed by atoms with Gasteiger partial charge < -0.3 is 10.8 Å². The van der Waals surface area contributed by atoms with E-state index in [0.717, 1.165) is 18.7 Å². The zero-order valence-electron chi connectivity index (χ0n) is 11.0. The summed E-state index contributed by atoms with van der Waals surface area (Å²) in [7, 11) is 0. The standard InChI is InChI=1S/C13H19N3O3/c1-13(17)4-6-15(7-5-13)9-10-8-11(16(18)19)2-3-12(10)14/h2-3,8,17H,4-7,9,14H2,1H3. The Labute approximate surface area is 112 Å². The predicted molar refractivity (Wildman–Crippen MR) is 72.6 cm³/mol. The Morgan fingerprint density at radius 1 is 1.47 bits per heavy atom. The van der Waals surface area contributed by atoms with Crippen molar-refractivity contribution in [3.05, 3.63) is 33.9 Å². The number of nitrogens with two attached hydrogens (primary N) is 1. The summed E-state index contributed by atoms with van der Waals surface area (Å²) in [6.45, 7) is 3.97. The second-order valence-electron chi connectivity index (χ2n) is 5.41. The maximum absolute atomic E-state index is 10.8. The maximum atomic E-state index is 10.8. The Hall–Kier alpha value is -1.66. The van der Waals surface area contributed by atoms with Crippen molar-refractivity contribution in [1.82, 2.24) is 4.90 Å². The van der Waals surface area contributed by atoms with Gasteiger partial charge in [-0.1, -0.05) is 0 Å². The maximum Gasteiger partial charge on any atom is 0.269 e. The molecule has 0 bridgehead atoms. The number of nitrogen functional groups attached to an aromatic ring is 1. The van der Waals surface area contributed by atoms with Gasteiger partial charge in [-0.05, 0) is 31.4 Å². The van der Waals surface area contributed by atoms with Gasteiger partial charge in [0.05, 0.1) is 10.5 Å². The second kappa shape index (κ2) is 5.14. The van der Waals surface area contributed by atoms with Crippen LogP contribution >= 0.6 is 0 Å². The van der Waals surface area contributed by atoms with E-state index in [1.165, 1.54) is 12.1 Å². The van der Waals surface area contributed by atoms with Crippen LogP contribution in [0.5, 0.6) is 0 Å². The Morgan fingerprint density at radius 3 is 2.68 bits per heavy atom. The molecule has 0 unspecified atom stereocenters. The number of nitrogens with zero attached hydrogens (tertiary/aromatic N) is 2. The lowest BCUT2D eigenvalue weighted by Gasteiger charge is -2.35. The zero-order valence-corrected chi connectivity index (χ0v) is 11.0. The molecule has 0 spiro atoms. The number of hydrogen-bond acceptors (Lipinski definition) is 5. The molecule has 104 valence electrons. The quantitative estimate of drug-likeness (QED) is 0.491. The molecule has 3 N–H and O–H groups in total. The van der Waals surface area contributed by atoms with E-state index in [2.05, 4.69) is 4.90 Å². The third-order valence-electron chi connectivity index (χ3n) is 3.66. The average Bonchev–Trinajstić information content (AvgIpc) is 2.34. The van der Waals surface area contributed by atoms with Gasteiger partial charge in [-0.25, -0.2) is 0 Å². The Kier molecular flexibility index (Phi) is 3.73. The number of nitro benzene ring substituents is 1. The van der Waals surface area contributed by atoms with Crippen molar-refractivity contribution < 1.29 is 10.0 Å². The number of nitro groups is 1. The smallest absolute Gasteiger partial charge is 0.269 e.